The van der Waals surface area contributed by atoms with Crippen molar-refractivity contribution >= 4 is 11.3 Å². The Bertz CT molecular complexity index is 644. The van der Waals surface area contributed by atoms with Gasteiger partial charge in [0.05, 0.1) is 10.6 Å². The van der Waals surface area contributed by atoms with Crippen molar-refractivity contribution in [2.45, 2.75) is 13.0 Å². The molecule has 0 aliphatic rings. The van der Waals surface area contributed by atoms with E-state index >= 15 is 0 Å². The molecule has 0 atom stereocenters. The van der Waals surface area contributed by atoms with Gasteiger partial charge in [0.25, 0.3) is 5.89 Å². The second-order valence-corrected chi connectivity index (χ2v) is 4.89. The maximum absolute atomic E-state index is 5.46. The number of rotatable bonds is 5. The standard InChI is InChI=1S/C11H12N6OS/c12-4-3-8-6-17(16-14-8)7-10-13-11(18-15-10)9-2-1-5-19-9/h1-2,5-6H,3-4,7,12H2. The molecule has 0 radical (unpaired) electrons. The van der Waals surface area contributed by atoms with Gasteiger partial charge >= 0.3 is 0 Å². The monoisotopic (exact) mass is 276 g/mol. The van der Waals surface area contributed by atoms with Crippen molar-refractivity contribution in [1.29, 1.82) is 0 Å². The normalized spacial score (nSPS) is 11.0. The van der Waals surface area contributed by atoms with Gasteiger partial charge in [-0.1, -0.05) is 16.4 Å². The van der Waals surface area contributed by atoms with Gasteiger partial charge in [-0.05, 0) is 18.0 Å². The summed E-state index contributed by atoms with van der Waals surface area (Å²) < 4.78 is 6.88. The van der Waals surface area contributed by atoms with Crippen LogP contribution in [0.25, 0.3) is 10.8 Å². The first-order valence-electron chi connectivity index (χ1n) is 5.80. The maximum atomic E-state index is 5.46. The van der Waals surface area contributed by atoms with Gasteiger partial charge in [-0.25, -0.2) is 4.68 Å². The van der Waals surface area contributed by atoms with E-state index in [9.17, 15) is 0 Å². The quantitative estimate of drug-likeness (QED) is 0.745. The smallest absolute Gasteiger partial charge is 0.268 e. The molecular formula is C11H12N6OS. The molecule has 3 heterocycles. The summed E-state index contributed by atoms with van der Waals surface area (Å²) >= 11 is 1.56. The third-order valence-corrected chi connectivity index (χ3v) is 3.35. The van der Waals surface area contributed by atoms with Gasteiger partial charge in [0.1, 0.15) is 6.54 Å². The molecule has 8 heteroatoms. The highest BCUT2D eigenvalue weighted by molar-refractivity contribution is 7.13. The van der Waals surface area contributed by atoms with Gasteiger partial charge in [0, 0.05) is 12.6 Å². The van der Waals surface area contributed by atoms with E-state index < -0.39 is 0 Å². The van der Waals surface area contributed by atoms with Gasteiger partial charge in [0.2, 0.25) is 0 Å². The molecule has 3 aromatic rings. The molecule has 19 heavy (non-hydrogen) atoms. The largest absolute Gasteiger partial charge is 0.333 e. The molecule has 0 aliphatic heterocycles. The number of nitrogens with two attached hydrogens (primary N) is 1. The lowest BCUT2D eigenvalue weighted by Gasteiger charge is -1.92. The third-order valence-electron chi connectivity index (χ3n) is 2.49. The van der Waals surface area contributed by atoms with E-state index in [-0.39, 0.29) is 0 Å². The first-order chi connectivity index (χ1) is 9.35. The fourth-order valence-corrected chi connectivity index (χ4v) is 2.29. The molecule has 0 saturated heterocycles. The predicted octanol–water partition coefficient (Wildman–Crippen LogP) is 0.939. The second-order valence-electron chi connectivity index (χ2n) is 3.94. The molecule has 0 spiro atoms. The summed E-state index contributed by atoms with van der Waals surface area (Å²) in [6, 6.07) is 3.89. The zero-order valence-corrected chi connectivity index (χ0v) is 10.9. The van der Waals surface area contributed by atoms with Crippen LogP contribution in [-0.2, 0) is 13.0 Å². The molecule has 0 fully saturated rings. The summed E-state index contributed by atoms with van der Waals surface area (Å²) in [6.07, 6.45) is 2.56. The molecule has 0 aliphatic carbocycles. The molecule has 3 rings (SSSR count). The van der Waals surface area contributed by atoms with Gasteiger partial charge < -0.3 is 10.3 Å². The van der Waals surface area contributed by atoms with Crippen LogP contribution in [0.4, 0.5) is 0 Å². The first kappa shape index (κ1) is 12.0. The summed E-state index contributed by atoms with van der Waals surface area (Å²) in [5.41, 5.74) is 6.33. The number of hydrogen-bond donors (Lipinski definition) is 1. The lowest BCUT2D eigenvalue weighted by atomic mass is 10.3. The van der Waals surface area contributed by atoms with Crippen LogP contribution in [0, 0.1) is 0 Å². The van der Waals surface area contributed by atoms with Crippen molar-refractivity contribution in [3.63, 3.8) is 0 Å². The van der Waals surface area contributed by atoms with E-state index in [0.29, 0.717) is 31.2 Å². The number of nitrogens with zero attached hydrogens (tertiary/aromatic N) is 5. The lowest BCUT2D eigenvalue weighted by molar-refractivity contribution is 0.419. The molecular weight excluding hydrogens is 264 g/mol. The average Bonchev–Trinajstić information content (AvgIpc) is 3.10. The van der Waals surface area contributed by atoms with E-state index in [1.807, 2.05) is 23.7 Å². The van der Waals surface area contributed by atoms with Crippen molar-refractivity contribution in [2.24, 2.45) is 5.73 Å². The van der Waals surface area contributed by atoms with Crippen molar-refractivity contribution in [2.75, 3.05) is 6.54 Å². The van der Waals surface area contributed by atoms with Crippen LogP contribution in [0.1, 0.15) is 11.5 Å². The van der Waals surface area contributed by atoms with Crippen LogP contribution >= 0.6 is 11.3 Å². The minimum absolute atomic E-state index is 0.437. The van der Waals surface area contributed by atoms with E-state index in [1.54, 1.807) is 16.0 Å². The Hall–Kier alpha value is -2.06. The Morgan fingerprint density at radius 3 is 3.16 bits per heavy atom. The molecule has 0 bridgehead atoms. The van der Waals surface area contributed by atoms with Crippen LogP contribution in [0.5, 0.6) is 0 Å². The number of aromatic nitrogens is 5. The number of hydrogen-bond acceptors (Lipinski definition) is 7. The maximum Gasteiger partial charge on any atom is 0.268 e. The van der Waals surface area contributed by atoms with E-state index in [2.05, 4.69) is 20.5 Å². The molecule has 2 N–H and O–H groups in total. The van der Waals surface area contributed by atoms with E-state index in [0.717, 1.165) is 10.6 Å². The second kappa shape index (κ2) is 5.29. The fourth-order valence-electron chi connectivity index (χ4n) is 1.64. The molecule has 98 valence electrons. The molecule has 3 aromatic heterocycles. The Morgan fingerprint density at radius 1 is 1.42 bits per heavy atom. The van der Waals surface area contributed by atoms with Gasteiger partial charge in [0.15, 0.2) is 5.82 Å². The minimum Gasteiger partial charge on any atom is -0.333 e. The summed E-state index contributed by atoms with van der Waals surface area (Å²) in [5.74, 6) is 1.11. The topological polar surface area (TPSA) is 95.7 Å². The van der Waals surface area contributed by atoms with E-state index in [1.165, 1.54) is 0 Å². The number of thiophene rings is 1. The lowest BCUT2D eigenvalue weighted by Crippen LogP contribution is -2.03. The Morgan fingerprint density at radius 2 is 2.37 bits per heavy atom. The summed E-state index contributed by atoms with van der Waals surface area (Å²) in [4.78, 5) is 5.28. The average molecular weight is 276 g/mol. The molecule has 0 aromatic carbocycles. The molecule has 7 nitrogen and oxygen atoms in total. The van der Waals surface area contributed by atoms with Crippen LogP contribution in [0.15, 0.2) is 28.2 Å². The zero-order chi connectivity index (χ0) is 13.1. The van der Waals surface area contributed by atoms with Crippen molar-refractivity contribution in [3.8, 4) is 10.8 Å². The minimum atomic E-state index is 0.437. The SMILES string of the molecule is NCCc1cn(Cc2noc(-c3cccs3)n2)nn1. The zero-order valence-electron chi connectivity index (χ0n) is 10.1. The molecule has 0 saturated carbocycles. The van der Waals surface area contributed by atoms with Gasteiger partial charge in [-0.2, -0.15) is 4.98 Å². The van der Waals surface area contributed by atoms with Crippen LogP contribution in [0.2, 0.25) is 0 Å². The highest BCUT2D eigenvalue weighted by Crippen LogP contribution is 2.22. The Balaban J connectivity index is 1.72. The van der Waals surface area contributed by atoms with Crippen LogP contribution in [-0.4, -0.2) is 31.7 Å². The molecule has 0 amide bonds. The highest BCUT2D eigenvalue weighted by Gasteiger charge is 2.10. The summed E-state index contributed by atoms with van der Waals surface area (Å²) in [5, 5.41) is 13.9. The Kier molecular flexibility index (Phi) is 3.34. The highest BCUT2D eigenvalue weighted by atomic mass is 32.1. The summed E-state index contributed by atoms with van der Waals surface area (Å²) in [6.45, 7) is 0.996. The van der Waals surface area contributed by atoms with Crippen molar-refractivity contribution in [3.05, 3.63) is 35.2 Å². The predicted molar refractivity (Wildman–Crippen MR) is 69.5 cm³/mol. The van der Waals surface area contributed by atoms with Crippen molar-refractivity contribution < 1.29 is 4.52 Å². The summed E-state index contributed by atoms with van der Waals surface area (Å²) in [7, 11) is 0. The van der Waals surface area contributed by atoms with Crippen LogP contribution < -0.4 is 5.73 Å². The molecule has 0 unspecified atom stereocenters. The van der Waals surface area contributed by atoms with Crippen molar-refractivity contribution in [1.82, 2.24) is 25.1 Å². The van der Waals surface area contributed by atoms with Crippen LogP contribution in [0.3, 0.4) is 0 Å². The van der Waals surface area contributed by atoms with E-state index in [4.69, 9.17) is 10.3 Å². The first-order valence-corrected chi connectivity index (χ1v) is 6.68. The van der Waals surface area contributed by atoms with Gasteiger partial charge in [-0.3, -0.25) is 0 Å². The fraction of sp³-hybridized carbons (Fsp3) is 0.273. The third kappa shape index (κ3) is 2.69. The van der Waals surface area contributed by atoms with Gasteiger partial charge in [-0.15, -0.1) is 16.4 Å². The Labute approximate surface area is 113 Å².